The molecule has 0 amide bonds. The van der Waals surface area contributed by atoms with Crippen LogP contribution in [0.25, 0.3) is 0 Å². The number of benzene rings is 2. The van der Waals surface area contributed by atoms with Gasteiger partial charge in [0, 0.05) is 6.07 Å². The number of rotatable bonds is 7. The van der Waals surface area contributed by atoms with Crippen LogP contribution in [0, 0.1) is 0 Å². The number of aryl methyl sites for hydroxylation is 1. The Hall–Kier alpha value is -2.01. The summed E-state index contributed by atoms with van der Waals surface area (Å²) in [6.07, 6.45) is 1.98. The third-order valence-electron chi connectivity index (χ3n) is 3.17. The van der Waals surface area contributed by atoms with Gasteiger partial charge in [0.05, 0.1) is 17.2 Å². The maximum Gasteiger partial charge on any atom is 0.261 e. The predicted octanol–water partition coefficient (Wildman–Crippen LogP) is 3.84. The zero-order valence-electron chi connectivity index (χ0n) is 12.9. The second kappa shape index (κ2) is 7.31. The molecule has 0 aromatic heterocycles. The van der Waals surface area contributed by atoms with Gasteiger partial charge in [0.25, 0.3) is 10.0 Å². The standard InChI is InChI=1S/C17H21NO3S/c1-3-6-14-9-11-17(12-10-14)22(19,20)18-15-7-5-8-16(13-15)21-4-2/h5,7-13,18H,3-4,6H2,1-2H3. The van der Waals surface area contributed by atoms with Crippen molar-refractivity contribution >= 4 is 15.7 Å². The number of ether oxygens (including phenoxy) is 1. The van der Waals surface area contributed by atoms with Gasteiger partial charge in [0.15, 0.2) is 0 Å². The van der Waals surface area contributed by atoms with Gasteiger partial charge in [-0.25, -0.2) is 8.42 Å². The van der Waals surface area contributed by atoms with Gasteiger partial charge in [-0.2, -0.15) is 0 Å². The zero-order valence-corrected chi connectivity index (χ0v) is 13.7. The van der Waals surface area contributed by atoms with Gasteiger partial charge in [-0.3, -0.25) is 4.72 Å². The Balaban J connectivity index is 2.18. The topological polar surface area (TPSA) is 55.4 Å². The van der Waals surface area contributed by atoms with Crippen LogP contribution in [-0.2, 0) is 16.4 Å². The van der Waals surface area contributed by atoms with Crippen LogP contribution in [0.4, 0.5) is 5.69 Å². The van der Waals surface area contributed by atoms with Crippen LogP contribution in [0.15, 0.2) is 53.4 Å². The van der Waals surface area contributed by atoms with E-state index in [0.717, 1.165) is 18.4 Å². The fraction of sp³-hybridized carbons (Fsp3) is 0.294. The molecule has 1 N–H and O–H groups in total. The van der Waals surface area contributed by atoms with E-state index in [9.17, 15) is 8.42 Å². The Morgan fingerprint density at radius 1 is 1.05 bits per heavy atom. The van der Waals surface area contributed by atoms with Crippen LogP contribution in [-0.4, -0.2) is 15.0 Å². The van der Waals surface area contributed by atoms with E-state index in [4.69, 9.17) is 4.74 Å². The van der Waals surface area contributed by atoms with Crippen molar-refractivity contribution in [3.8, 4) is 5.75 Å². The lowest BCUT2D eigenvalue weighted by molar-refractivity contribution is 0.340. The highest BCUT2D eigenvalue weighted by atomic mass is 32.2. The van der Waals surface area contributed by atoms with Crippen LogP contribution < -0.4 is 9.46 Å². The third kappa shape index (κ3) is 4.24. The van der Waals surface area contributed by atoms with Gasteiger partial charge in [-0.05, 0) is 43.2 Å². The highest BCUT2D eigenvalue weighted by molar-refractivity contribution is 7.92. The molecule has 22 heavy (non-hydrogen) atoms. The number of hydrogen-bond acceptors (Lipinski definition) is 3. The lowest BCUT2D eigenvalue weighted by Gasteiger charge is -2.10. The van der Waals surface area contributed by atoms with E-state index >= 15 is 0 Å². The molecular weight excluding hydrogens is 298 g/mol. The van der Waals surface area contributed by atoms with Crippen molar-refractivity contribution in [3.63, 3.8) is 0 Å². The van der Waals surface area contributed by atoms with Gasteiger partial charge in [-0.1, -0.05) is 31.5 Å². The molecule has 0 saturated heterocycles. The molecule has 0 aliphatic heterocycles. The molecule has 0 aliphatic rings. The first kappa shape index (κ1) is 16.4. The summed E-state index contributed by atoms with van der Waals surface area (Å²) in [5, 5.41) is 0. The van der Waals surface area contributed by atoms with Crippen molar-refractivity contribution in [1.82, 2.24) is 0 Å². The van der Waals surface area contributed by atoms with Gasteiger partial charge < -0.3 is 4.74 Å². The smallest absolute Gasteiger partial charge is 0.261 e. The van der Waals surface area contributed by atoms with Gasteiger partial charge in [0.1, 0.15) is 5.75 Å². The molecule has 0 atom stereocenters. The number of sulfonamides is 1. The average Bonchev–Trinajstić information content (AvgIpc) is 2.48. The fourth-order valence-electron chi connectivity index (χ4n) is 2.15. The van der Waals surface area contributed by atoms with Crippen molar-refractivity contribution in [2.45, 2.75) is 31.6 Å². The lowest BCUT2D eigenvalue weighted by Crippen LogP contribution is -2.13. The summed E-state index contributed by atoms with van der Waals surface area (Å²) in [4.78, 5) is 0.258. The van der Waals surface area contributed by atoms with Crippen LogP contribution >= 0.6 is 0 Å². The number of hydrogen-bond donors (Lipinski definition) is 1. The molecule has 2 aromatic carbocycles. The van der Waals surface area contributed by atoms with E-state index < -0.39 is 10.0 Å². The lowest BCUT2D eigenvalue weighted by atomic mass is 10.1. The SMILES string of the molecule is CCCc1ccc(S(=O)(=O)Nc2cccc(OCC)c2)cc1. The van der Waals surface area contributed by atoms with E-state index in [1.54, 1.807) is 36.4 Å². The van der Waals surface area contributed by atoms with Crippen LogP contribution in [0.5, 0.6) is 5.75 Å². The molecule has 118 valence electrons. The van der Waals surface area contributed by atoms with Crippen molar-refractivity contribution in [1.29, 1.82) is 0 Å². The minimum atomic E-state index is -3.58. The van der Waals surface area contributed by atoms with Crippen molar-refractivity contribution in [2.75, 3.05) is 11.3 Å². The van der Waals surface area contributed by atoms with E-state index in [1.807, 2.05) is 19.1 Å². The monoisotopic (exact) mass is 319 g/mol. The Morgan fingerprint density at radius 2 is 1.77 bits per heavy atom. The largest absolute Gasteiger partial charge is 0.494 e. The van der Waals surface area contributed by atoms with E-state index in [-0.39, 0.29) is 4.90 Å². The summed E-state index contributed by atoms with van der Waals surface area (Å²) < 4.78 is 32.7. The zero-order chi connectivity index (χ0) is 16.0. The summed E-state index contributed by atoms with van der Waals surface area (Å²) >= 11 is 0. The highest BCUT2D eigenvalue weighted by Crippen LogP contribution is 2.21. The third-order valence-corrected chi connectivity index (χ3v) is 4.57. The van der Waals surface area contributed by atoms with Crippen LogP contribution in [0.1, 0.15) is 25.8 Å². The molecular formula is C17H21NO3S. The van der Waals surface area contributed by atoms with E-state index in [2.05, 4.69) is 11.6 Å². The second-order valence-electron chi connectivity index (χ2n) is 4.96. The molecule has 2 rings (SSSR count). The summed E-state index contributed by atoms with van der Waals surface area (Å²) in [6, 6.07) is 13.9. The van der Waals surface area contributed by atoms with Crippen molar-refractivity contribution < 1.29 is 13.2 Å². The Bertz CT molecular complexity index is 709. The normalized spacial score (nSPS) is 11.2. The Morgan fingerprint density at radius 3 is 2.41 bits per heavy atom. The molecule has 0 saturated carbocycles. The molecule has 0 bridgehead atoms. The molecule has 0 radical (unpaired) electrons. The molecule has 2 aromatic rings. The minimum absolute atomic E-state index is 0.258. The maximum absolute atomic E-state index is 12.4. The number of nitrogens with one attached hydrogen (secondary N) is 1. The van der Waals surface area contributed by atoms with Gasteiger partial charge in [0.2, 0.25) is 0 Å². The fourth-order valence-corrected chi connectivity index (χ4v) is 3.20. The van der Waals surface area contributed by atoms with Gasteiger partial charge in [-0.15, -0.1) is 0 Å². The quantitative estimate of drug-likeness (QED) is 0.843. The number of anilines is 1. The molecule has 0 aliphatic carbocycles. The summed E-state index contributed by atoms with van der Waals surface area (Å²) in [5.74, 6) is 0.640. The summed E-state index contributed by atoms with van der Waals surface area (Å²) in [5.41, 5.74) is 1.63. The minimum Gasteiger partial charge on any atom is -0.494 e. The van der Waals surface area contributed by atoms with Crippen LogP contribution in [0.3, 0.4) is 0 Å². The average molecular weight is 319 g/mol. The summed E-state index contributed by atoms with van der Waals surface area (Å²) in [6.45, 7) is 4.52. The summed E-state index contributed by atoms with van der Waals surface area (Å²) in [7, 11) is -3.58. The highest BCUT2D eigenvalue weighted by Gasteiger charge is 2.14. The second-order valence-corrected chi connectivity index (χ2v) is 6.64. The van der Waals surface area contributed by atoms with E-state index in [0.29, 0.717) is 18.0 Å². The maximum atomic E-state index is 12.4. The van der Waals surface area contributed by atoms with Crippen LogP contribution in [0.2, 0.25) is 0 Å². The Labute approximate surface area is 132 Å². The molecule has 0 spiro atoms. The van der Waals surface area contributed by atoms with Crippen molar-refractivity contribution in [3.05, 3.63) is 54.1 Å². The first-order valence-corrected chi connectivity index (χ1v) is 8.88. The molecule has 5 heteroatoms. The van der Waals surface area contributed by atoms with Gasteiger partial charge >= 0.3 is 0 Å². The van der Waals surface area contributed by atoms with Crippen molar-refractivity contribution in [2.24, 2.45) is 0 Å². The van der Waals surface area contributed by atoms with E-state index in [1.165, 1.54) is 0 Å². The molecule has 0 fully saturated rings. The molecule has 4 nitrogen and oxygen atoms in total. The predicted molar refractivity (Wildman–Crippen MR) is 88.9 cm³/mol. The molecule has 0 heterocycles. The Kier molecular flexibility index (Phi) is 5.44. The first-order valence-electron chi connectivity index (χ1n) is 7.39. The molecule has 0 unspecified atom stereocenters. The first-order chi connectivity index (χ1) is 10.5.